The lowest BCUT2D eigenvalue weighted by atomic mass is 9.91. The molecule has 1 aliphatic heterocycles. The third-order valence-corrected chi connectivity index (χ3v) is 5.15. The summed E-state index contributed by atoms with van der Waals surface area (Å²) in [5.41, 5.74) is -0.0966. The summed E-state index contributed by atoms with van der Waals surface area (Å²) in [6.45, 7) is 5.79. The van der Waals surface area contributed by atoms with Gasteiger partial charge in [0.05, 0.1) is 0 Å². The van der Waals surface area contributed by atoms with Gasteiger partial charge in [-0.25, -0.2) is 4.72 Å². The molecule has 18 heavy (non-hydrogen) atoms. The Hall–Kier alpha value is 0.160. The van der Waals surface area contributed by atoms with Crippen LogP contribution in [0, 0.1) is 5.41 Å². The second kappa shape index (κ2) is 7.08. The lowest BCUT2D eigenvalue weighted by Gasteiger charge is -2.26. The van der Waals surface area contributed by atoms with Crippen LogP contribution in [-0.2, 0) is 10.2 Å². The third kappa shape index (κ3) is 5.43. The first-order valence-corrected chi connectivity index (χ1v) is 8.65. The number of hydrogen-bond acceptors (Lipinski definition) is 2. The number of alkyl halides is 1. The number of halogens is 1. The van der Waals surface area contributed by atoms with Gasteiger partial charge in [0, 0.05) is 25.5 Å². The fourth-order valence-corrected chi connectivity index (χ4v) is 4.01. The van der Waals surface area contributed by atoms with Crippen molar-refractivity contribution in [2.45, 2.75) is 46.0 Å². The zero-order valence-electron chi connectivity index (χ0n) is 11.4. The Kier molecular flexibility index (Phi) is 6.38. The molecule has 0 aromatic carbocycles. The van der Waals surface area contributed by atoms with Crippen LogP contribution in [-0.4, -0.2) is 38.2 Å². The summed E-state index contributed by atoms with van der Waals surface area (Å²) in [7, 11) is -3.32. The summed E-state index contributed by atoms with van der Waals surface area (Å²) in [5.74, 6) is 0.554. The highest BCUT2D eigenvalue weighted by Gasteiger charge is 2.26. The van der Waals surface area contributed by atoms with E-state index in [4.69, 9.17) is 11.6 Å². The van der Waals surface area contributed by atoms with Gasteiger partial charge in [0.15, 0.2) is 0 Å². The highest BCUT2D eigenvalue weighted by atomic mass is 35.5. The number of nitrogens with one attached hydrogen (secondary N) is 1. The fourth-order valence-electron chi connectivity index (χ4n) is 2.00. The molecule has 0 aromatic rings. The molecule has 6 heteroatoms. The zero-order chi connectivity index (χ0) is 13.6. The molecule has 0 bridgehead atoms. The molecule has 0 aliphatic carbocycles. The average Bonchev–Trinajstić information content (AvgIpc) is 2.56. The quantitative estimate of drug-likeness (QED) is 0.765. The Balaban J connectivity index is 2.53. The van der Waals surface area contributed by atoms with Crippen LogP contribution in [0.15, 0.2) is 0 Å². The smallest absolute Gasteiger partial charge is 0.202 e. The van der Waals surface area contributed by atoms with Crippen molar-refractivity contribution in [3.8, 4) is 0 Å². The summed E-state index contributed by atoms with van der Waals surface area (Å²) in [4.78, 5) is 0. The van der Waals surface area contributed by atoms with Gasteiger partial charge in [-0.1, -0.05) is 26.7 Å². The van der Waals surface area contributed by atoms with Gasteiger partial charge in [-0.3, -0.25) is 0 Å². The van der Waals surface area contributed by atoms with Crippen LogP contribution in [0.1, 0.15) is 46.0 Å². The van der Waals surface area contributed by atoms with Crippen LogP contribution in [0.3, 0.4) is 0 Å². The molecule has 1 heterocycles. The monoisotopic (exact) mass is 296 g/mol. The van der Waals surface area contributed by atoms with Crippen molar-refractivity contribution in [3.05, 3.63) is 0 Å². The van der Waals surface area contributed by atoms with E-state index in [0.717, 1.165) is 32.1 Å². The summed E-state index contributed by atoms with van der Waals surface area (Å²) >= 11 is 5.72. The van der Waals surface area contributed by atoms with E-state index in [0.29, 0.717) is 25.5 Å². The van der Waals surface area contributed by atoms with E-state index in [9.17, 15) is 8.42 Å². The molecule has 1 rings (SSSR count). The molecule has 1 saturated heterocycles. The first kappa shape index (κ1) is 16.2. The molecule has 1 N–H and O–H groups in total. The van der Waals surface area contributed by atoms with Crippen LogP contribution in [0.25, 0.3) is 0 Å². The van der Waals surface area contributed by atoms with Crippen molar-refractivity contribution in [2.75, 3.05) is 25.5 Å². The largest absolute Gasteiger partial charge is 0.279 e. The van der Waals surface area contributed by atoms with Crippen LogP contribution in [0.4, 0.5) is 0 Å². The minimum absolute atomic E-state index is 0.0966. The molecule has 0 atom stereocenters. The number of hydrogen-bond donors (Lipinski definition) is 1. The topological polar surface area (TPSA) is 49.4 Å². The van der Waals surface area contributed by atoms with E-state index in [2.05, 4.69) is 4.72 Å². The van der Waals surface area contributed by atoms with E-state index in [1.54, 1.807) is 4.31 Å². The van der Waals surface area contributed by atoms with Crippen molar-refractivity contribution in [1.82, 2.24) is 9.03 Å². The Morgan fingerprint density at radius 2 is 1.72 bits per heavy atom. The van der Waals surface area contributed by atoms with Crippen LogP contribution in [0.5, 0.6) is 0 Å². The molecule has 1 aliphatic rings. The van der Waals surface area contributed by atoms with Crippen molar-refractivity contribution >= 4 is 21.8 Å². The molecule has 0 aromatic heterocycles. The Morgan fingerprint density at radius 1 is 1.17 bits per heavy atom. The van der Waals surface area contributed by atoms with Gasteiger partial charge in [0.25, 0.3) is 10.2 Å². The van der Waals surface area contributed by atoms with Crippen LogP contribution >= 0.6 is 11.6 Å². The van der Waals surface area contributed by atoms with Gasteiger partial charge >= 0.3 is 0 Å². The van der Waals surface area contributed by atoms with Gasteiger partial charge in [0.2, 0.25) is 0 Å². The van der Waals surface area contributed by atoms with Crippen molar-refractivity contribution < 1.29 is 8.42 Å². The first-order valence-electron chi connectivity index (χ1n) is 6.68. The maximum Gasteiger partial charge on any atom is 0.279 e. The van der Waals surface area contributed by atoms with E-state index in [-0.39, 0.29) is 5.41 Å². The highest BCUT2D eigenvalue weighted by molar-refractivity contribution is 7.87. The molecule has 4 nitrogen and oxygen atoms in total. The molecular weight excluding hydrogens is 272 g/mol. The molecule has 0 radical (unpaired) electrons. The second-order valence-corrected chi connectivity index (χ2v) is 7.88. The average molecular weight is 297 g/mol. The van der Waals surface area contributed by atoms with Gasteiger partial charge < -0.3 is 0 Å². The minimum Gasteiger partial charge on any atom is -0.202 e. The molecule has 0 unspecified atom stereocenters. The molecule has 0 spiro atoms. The summed E-state index contributed by atoms with van der Waals surface area (Å²) < 4.78 is 28.6. The predicted molar refractivity (Wildman–Crippen MR) is 76.1 cm³/mol. The van der Waals surface area contributed by atoms with Crippen molar-refractivity contribution in [1.29, 1.82) is 0 Å². The zero-order valence-corrected chi connectivity index (χ0v) is 13.0. The van der Waals surface area contributed by atoms with E-state index in [1.807, 2.05) is 13.8 Å². The maximum absolute atomic E-state index is 12.2. The van der Waals surface area contributed by atoms with E-state index >= 15 is 0 Å². The summed E-state index contributed by atoms with van der Waals surface area (Å²) in [5, 5.41) is 0. The van der Waals surface area contributed by atoms with Crippen LogP contribution < -0.4 is 4.72 Å². The minimum atomic E-state index is -3.32. The molecule has 1 fully saturated rings. The van der Waals surface area contributed by atoms with Crippen molar-refractivity contribution in [3.63, 3.8) is 0 Å². The first-order chi connectivity index (χ1) is 8.37. The molecule has 108 valence electrons. The molecular formula is C12H25ClN2O2S. The second-order valence-electron chi connectivity index (χ2n) is 5.74. The number of nitrogens with zero attached hydrogens (tertiary/aromatic N) is 1. The standard InChI is InChI=1S/C12H25ClN2O2S/c1-12(2,7-8-13)11-14-18(16,17)15-9-5-3-4-6-10-15/h14H,3-11H2,1-2H3. The van der Waals surface area contributed by atoms with Crippen molar-refractivity contribution in [2.24, 2.45) is 5.41 Å². The van der Waals surface area contributed by atoms with E-state index < -0.39 is 10.2 Å². The fraction of sp³-hybridized carbons (Fsp3) is 1.00. The molecule has 0 amide bonds. The number of rotatable bonds is 6. The summed E-state index contributed by atoms with van der Waals surface area (Å²) in [6.07, 6.45) is 4.99. The highest BCUT2D eigenvalue weighted by Crippen LogP contribution is 2.20. The normalized spacial score (nSPS) is 19.7. The molecule has 0 saturated carbocycles. The van der Waals surface area contributed by atoms with E-state index in [1.165, 1.54) is 0 Å². The summed E-state index contributed by atoms with van der Waals surface area (Å²) in [6, 6.07) is 0. The van der Waals surface area contributed by atoms with Gasteiger partial charge in [-0.2, -0.15) is 12.7 Å². The Labute approximate surface area is 116 Å². The van der Waals surface area contributed by atoms with Gasteiger partial charge in [-0.05, 0) is 24.7 Å². The van der Waals surface area contributed by atoms with Crippen LogP contribution in [0.2, 0.25) is 0 Å². The lowest BCUT2D eigenvalue weighted by molar-refractivity contribution is 0.341. The Morgan fingerprint density at radius 3 is 2.22 bits per heavy atom. The van der Waals surface area contributed by atoms with Gasteiger partial charge in [0.1, 0.15) is 0 Å². The SMILES string of the molecule is CC(C)(CCCl)CNS(=O)(=O)N1CCCCCC1. The lowest BCUT2D eigenvalue weighted by Crippen LogP contribution is -2.44. The maximum atomic E-state index is 12.2. The van der Waals surface area contributed by atoms with Gasteiger partial charge in [-0.15, -0.1) is 11.6 Å². The third-order valence-electron chi connectivity index (χ3n) is 3.41. The predicted octanol–water partition coefficient (Wildman–Crippen LogP) is 2.35. The Bertz CT molecular complexity index is 336.